The fourth-order valence-electron chi connectivity index (χ4n) is 3.52. The summed E-state index contributed by atoms with van der Waals surface area (Å²) in [5, 5.41) is 16.2. The molecule has 24 heavy (non-hydrogen) atoms. The number of aliphatic hydroxyl groups is 1. The smallest absolute Gasteiger partial charge is 0.0924 e. The fraction of sp³-hybridized carbons (Fsp3) is 0.526. The number of hydrogen-bond donors (Lipinski definition) is 1. The van der Waals surface area contributed by atoms with Crippen molar-refractivity contribution in [2.24, 2.45) is 0 Å². The molecule has 0 spiro atoms. The molecule has 1 saturated heterocycles. The second-order valence-corrected chi connectivity index (χ2v) is 7.67. The molecule has 1 aliphatic heterocycles. The Balaban J connectivity index is 1.68. The number of benzene rings is 1. The van der Waals surface area contributed by atoms with Crippen molar-refractivity contribution in [3.8, 4) is 0 Å². The highest BCUT2D eigenvalue weighted by atomic mass is 35.5. The summed E-state index contributed by atoms with van der Waals surface area (Å²) >= 11 is 6.10. The second-order valence-electron chi connectivity index (χ2n) is 7.24. The number of hydrogen-bond acceptors (Lipinski definition) is 3. The van der Waals surface area contributed by atoms with Gasteiger partial charge >= 0.3 is 0 Å². The molecule has 130 valence electrons. The van der Waals surface area contributed by atoms with E-state index in [4.69, 9.17) is 11.6 Å². The number of halogens is 1. The first-order valence-corrected chi connectivity index (χ1v) is 9.01. The molecule has 5 heteroatoms. The number of likely N-dealkylation sites (tertiary alicyclic amines) is 1. The molecule has 2 aromatic rings. The Labute approximate surface area is 149 Å². The van der Waals surface area contributed by atoms with Gasteiger partial charge in [-0.3, -0.25) is 9.58 Å². The zero-order valence-corrected chi connectivity index (χ0v) is 15.4. The first-order valence-electron chi connectivity index (χ1n) is 8.63. The minimum Gasteiger partial charge on any atom is -0.385 e. The highest BCUT2D eigenvalue weighted by molar-refractivity contribution is 6.30. The lowest BCUT2D eigenvalue weighted by Crippen LogP contribution is -2.47. The predicted octanol–water partition coefficient (Wildman–Crippen LogP) is 3.99. The van der Waals surface area contributed by atoms with E-state index in [2.05, 4.69) is 37.0 Å². The van der Waals surface area contributed by atoms with Crippen LogP contribution in [0.1, 0.15) is 50.8 Å². The standard InChI is InChI=1S/C19H26ClN3O/c1-14(2)23-13-16(11-21-23)12-22-8-7-19(24,10-15(22)3)17-5-4-6-18(20)9-17/h4-6,9,11,13-15,24H,7-8,10,12H2,1-3H3/t15-,19+/m0/s1. The first-order chi connectivity index (χ1) is 11.4. The van der Waals surface area contributed by atoms with Crippen molar-refractivity contribution in [2.45, 2.75) is 57.8 Å². The van der Waals surface area contributed by atoms with E-state index in [1.807, 2.05) is 35.1 Å². The zero-order valence-electron chi connectivity index (χ0n) is 14.6. The number of aromatic nitrogens is 2. The third-order valence-corrected chi connectivity index (χ3v) is 5.24. The van der Waals surface area contributed by atoms with E-state index in [0.717, 1.165) is 25.1 Å². The van der Waals surface area contributed by atoms with E-state index in [0.29, 0.717) is 23.5 Å². The highest BCUT2D eigenvalue weighted by Crippen LogP contribution is 2.37. The van der Waals surface area contributed by atoms with Crippen LogP contribution in [0.4, 0.5) is 0 Å². The lowest BCUT2D eigenvalue weighted by molar-refractivity contribution is -0.0502. The summed E-state index contributed by atoms with van der Waals surface area (Å²) in [6, 6.07) is 8.29. The van der Waals surface area contributed by atoms with Gasteiger partial charge in [0.2, 0.25) is 0 Å². The summed E-state index contributed by atoms with van der Waals surface area (Å²) in [6.45, 7) is 8.18. The number of nitrogens with zero attached hydrogens (tertiary/aromatic N) is 3. The number of rotatable bonds is 4. The van der Waals surface area contributed by atoms with E-state index >= 15 is 0 Å². The summed E-state index contributed by atoms with van der Waals surface area (Å²) in [5.74, 6) is 0. The number of piperidine rings is 1. The Morgan fingerprint density at radius 2 is 2.21 bits per heavy atom. The van der Waals surface area contributed by atoms with Crippen molar-refractivity contribution in [1.29, 1.82) is 0 Å². The van der Waals surface area contributed by atoms with Crippen molar-refractivity contribution in [2.75, 3.05) is 6.54 Å². The van der Waals surface area contributed by atoms with Gasteiger partial charge in [0.15, 0.2) is 0 Å². The van der Waals surface area contributed by atoms with Crippen LogP contribution in [0.5, 0.6) is 0 Å². The molecule has 3 rings (SSSR count). The third kappa shape index (κ3) is 3.66. The van der Waals surface area contributed by atoms with Crippen molar-refractivity contribution < 1.29 is 5.11 Å². The molecule has 4 nitrogen and oxygen atoms in total. The van der Waals surface area contributed by atoms with E-state index in [1.54, 1.807) is 0 Å². The topological polar surface area (TPSA) is 41.3 Å². The molecule has 1 aromatic carbocycles. The molecule has 0 aliphatic carbocycles. The summed E-state index contributed by atoms with van der Waals surface area (Å²) < 4.78 is 1.99. The van der Waals surface area contributed by atoms with E-state index in [-0.39, 0.29) is 0 Å². The largest absolute Gasteiger partial charge is 0.385 e. The van der Waals surface area contributed by atoms with Crippen LogP contribution in [0.15, 0.2) is 36.7 Å². The van der Waals surface area contributed by atoms with Gasteiger partial charge in [-0.1, -0.05) is 23.7 Å². The van der Waals surface area contributed by atoms with Crippen LogP contribution in [0.25, 0.3) is 0 Å². The van der Waals surface area contributed by atoms with Gasteiger partial charge in [0.1, 0.15) is 0 Å². The van der Waals surface area contributed by atoms with Crippen LogP contribution in [0.3, 0.4) is 0 Å². The molecule has 0 unspecified atom stereocenters. The predicted molar refractivity (Wildman–Crippen MR) is 97.1 cm³/mol. The van der Waals surface area contributed by atoms with Crippen LogP contribution in [0.2, 0.25) is 5.02 Å². The third-order valence-electron chi connectivity index (χ3n) is 5.00. The van der Waals surface area contributed by atoms with Crippen molar-refractivity contribution in [1.82, 2.24) is 14.7 Å². The molecule has 1 aromatic heterocycles. The molecular formula is C19H26ClN3O. The van der Waals surface area contributed by atoms with Crippen LogP contribution in [-0.2, 0) is 12.1 Å². The lowest BCUT2D eigenvalue weighted by atomic mass is 9.81. The van der Waals surface area contributed by atoms with Gasteiger partial charge in [-0.05, 0) is 51.3 Å². The maximum Gasteiger partial charge on any atom is 0.0924 e. The minimum absolute atomic E-state index is 0.296. The van der Waals surface area contributed by atoms with Gasteiger partial charge in [-0.15, -0.1) is 0 Å². The average Bonchev–Trinajstić information content (AvgIpc) is 2.99. The second kappa shape index (κ2) is 6.87. The Kier molecular flexibility index (Phi) is 5.00. The molecule has 0 bridgehead atoms. The van der Waals surface area contributed by atoms with E-state index in [9.17, 15) is 5.11 Å². The first kappa shape index (κ1) is 17.5. The normalized spacial score (nSPS) is 25.3. The van der Waals surface area contributed by atoms with Gasteiger partial charge in [0, 0.05) is 42.0 Å². The van der Waals surface area contributed by atoms with E-state index in [1.165, 1.54) is 5.56 Å². The molecular weight excluding hydrogens is 322 g/mol. The Bertz CT molecular complexity index is 699. The van der Waals surface area contributed by atoms with Gasteiger partial charge in [0.25, 0.3) is 0 Å². The maximum atomic E-state index is 11.1. The Hall–Kier alpha value is -1.36. The molecule has 1 fully saturated rings. The quantitative estimate of drug-likeness (QED) is 0.909. The molecule has 2 atom stereocenters. The summed E-state index contributed by atoms with van der Waals surface area (Å²) in [4.78, 5) is 2.42. The molecule has 1 aliphatic rings. The van der Waals surface area contributed by atoms with Crippen molar-refractivity contribution >= 4 is 11.6 Å². The summed E-state index contributed by atoms with van der Waals surface area (Å²) in [6.07, 6.45) is 5.50. The van der Waals surface area contributed by atoms with Crippen LogP contribution >= 0.6 is 11.6 Å². The fourth-order valence-corrected chi connectivity index (χ4v) is 3.71. The monoisotopic (exact) mass is 347 g/mol. The van der Waals surface area contributed by atoms with Crippen LogP contribution in [0, 0.1) is 0 Å². The molecule has 0 radical (unpaired) electrons. The summed E-state index contributed by atoms with van der Waals surface area (Å²) in [7, 11) is 0. The van der Waals surface area contributed by atoms with Crippen molar-refractivity contribution in [3.63, 3.8) is 0 Å². The Morgan fingerprint density at radius 3 is 2.83 bits per heavy atom. The average molecular weight is 348 g/mol. The van der Waals surface area contributed by atoms with Gasteiger partial charge in [0.05, 0.1) is 11.8 Å². The molecule has 2 heterocycles. The van der Waals surface area contributed by atoms with Crippen LogP contribution in [-0.4, -0.2) is 32.4 Å². The van der Waals surface area contributed by atoms with Crippen LogP contribution < -0.4 is 0 Å². The van der Waals surface area contributed by atoms with Gasteiger partial charge in [-0.2, -0.15) is 5.10 Å². The minimum atomic E-state index is -0.789. The highest BCUT2D eigenvalue weighted by Gasteiger charge is 2.37. The van der Waals surface area contributed by atoms with Crippen molar-refractivity contribution in [3.05, 3.63) is 52.8 Å². The van der Waals surface area contributed by atoms with Gasteiger partial charge < -0.3 is 5.11 Å². The molecule has 0 amide bonds. The molecule has 0 saturated carbocycles. The molecule has 1 N–H and O–H groups in total. The lowest BCUT2D eigenvalue weighted by Gasteiger charge is -2.43. The Morgan fingerprint density at radius 1 is 1.42 bits per heavy atom. The van der Waals surface area contributed by atoms with E-state index < -0.39 is 5.60 Å². The summed E-state index contributed by atoms with van der Waals surface area (Å²) in [5.41, 5.74) is 1.36. The zero-order chi connectivity index (χ0) is 17.3. The SMILES string of the molecule is CC(C)n1cc(CN2CC[C@](O)(c3cccc(Cl)c3)C[C@@H]2C)cn1. The maximum absolute atomic E-state index is 11.1. The van der Waals surface area contributed by atoms with Gasteiger partial charge in [-0.25, -0.2) is 0 Å².